The van der Waals surface area contributed by atoms with Crippen molar-refractivity contribution >= 4 is 12.2 Å². The Balaban J connectivity index is 1.71. The molecule has 3 heterocycles. The van der Waals surface area contributed by atoms with Crippen molar-refractivity contribution in [2.24, 2.45) is 0 Å². The number of hydrogen-bond donors (Lipinski definition) is 0. The van der Waals surface area contributed by atoms with Gasteiger partial charge in [-0.3, -0.25) is 14.5 Å². The summed E-state index contributed by atoms with van der Waals surface area (Å²) in [4.78, 5) is 6.55. The summed E-state index contributed by atoms with van der Waals surface area (Å²) in [6, 6.07) is 14.3. The summed E-state index contributed by atoms with van der Waals surface area (Å²) in [5.41, 5.74) is 2.16. The SMILES string of the molecule is S=c1n(CN2CCOCC2)nc(-c2cccnc2)n1Cc1ccccc1. The first-order chi connectivity index (χ1) is 12.8. The van der Waals surface area contributed by atoms with Gasteiger partial charge in [0, 0.05) is 31.0 Å². The highest BCUT2D eigenvalue weighted by Gasteiger charge is 2.17. The summed E-state index contributed by atoms with van der Waals surface area (Å²) in [7, 11) is 0. The van der Waals surface area contributed by atoms with E-state index in [2.05, 4.69) is 26.6 Å². The summed E-state index contributed by atoms with van der Waals surface area (Å²) in [5.74, 6) is 0.847. The summed E-state index contributed by atoms with van der Waals surface area (Å²) < 4.78 is 10.1. The molecule has 6 nitrogen and oxygen atoms in total. The Kier molecular flexibility index (Phi) is 5.19. The molecule has 3 aromatic rings. The molecule has 7 heteroatoms. The van der Waals surface area contributed by atoms with E-state index in [1.165, 1.54) is 5.56 Å². The van der Waals surface area contributed by atoms with Gasteiger partial charge < -0.3 is 4.74 Å². The minimum Gasteiger partial charge on any atom is -0.379 e. The lowest BCUT2D eigenvalue weighted by Gasteiger charge is -2.26. The van der Waals surface area contributed by atoms with Crippen LogP contribution in [0.1, 0.15) is 5.56 Å². The number of rotatable bonds is 5. The predicted octanol–water partition coefficient (Wildman–Crippen LogP) is 2.81. The normalized spacial score (nSPS) is 15.2. The number of aromatic nitrogens is 4. The Morgan fingerprint density at radius 3 is 2.58 bits per heavy atom. The minimum atomic E-state index is 0.678. The molecule has 1 aromatic carbocycles. The second-order valence-electron chi connectivity index (χ2n) is 6.29. The molecule has 4 rings (SSSR count). The monoisotopic (exact) mass is 367 g/mol. The highest BCUT2D eigenvalue weighted by molar-refractivity contribution is 7.71. The topological polar surface area (TPSA) is 48.1 Å². The van der Waals surface area contributed by atoms with Crippen molar-refractivity contribution in [3.05, 3.63) is 65.2 Å². The molecule has 0 atom stereocenters. The summed E-state index contributed by atoms with van der Waals surface area (Å²) >= 11 is 5.77. The Morgan fingerprint density at radius 2 is 1.85 bits per heavy atom. The van der Waals surface area contributed by atoms with Gasteiger partial charge in [0.15, 0.2) is 10.6 Å². The third-order valence-corrected chi connectivity index (χ3v) is 4.89. The summed E-state index contributed by atoms with van der Waals surface area (Å²) in [5, 5.41) is 4.82. The maximum Gasteiger partial charge on any atom is 0.199 e. The van der Waals surface area contributed by atoms with Crippen molar-refractivity contribution in [1.82, 2.24) is 24.2 Å². The average Bonchev–Trinajstić information content (AvgIpc) is 3.00. The largest absolute Gasteiger partial charge is 0.379 e. The molecule has 1 aliphatic heterocycles. The third-order valence-electron chi connectivity index (χ3n) is 4.46. The Morgan fingerprint density at radius 1 is 1.04 bits per heavy atom. The van der Waals surface area contributed by atoms with Gasteiger partial charge in [0.1, 0.15) is 0 Å². The molecule has 0 radical (unpaired) electrons. The fraction of sp³-hybridized carbons (Fsp3) is 0.316. The highest BCUT2D eigenvalue weighted by Crippen LogP contribution is 2.19. The quantitative estimate of drug-likeness (QED) is 0.649. The zero-order valence-corrected chi connectivity index (χ0v) is 15.3. The fourth-order valence-electron chi connectivity index (χ4n) is 3.08. The van der Waals surface area contributed by atoms with Gasteiger partial charge in [0.2, 0.25) is 0 Å². The molecule has 0 saturated carbocycles. The molecule has 0 N–H and O–H groups in total. The summed E-state index contributed by atoms with van der Waals surface area (Å²) in [6.07, 6.45) is 3.60. The number of hydrogen-bond acceptors (Lipinski definition) is 5. The van der Waals surface area contributed by atoms with Crippen LogP contribution in [0, 0.1) is 4.77 Å². The van der Waals surface area contributed by atoms with E-state index in [0.717, 1.165) is 42.5 Å². The molecule has 26 heavy (non-hydrogen) atoms. The van der Waals surface area contributed by atoms with Gasteiger partial charge in [0.25, 0.3) is 0 Å². The second kappa shape index (κ2) is 7.90. The maximum absolute atomic E-state index is 5.77. The van der Waals surface area contributed by atoms with Gasteiger partial charge in [-0.15, -0.1) is 0 Å². The van der Waals surface area contributed by atoms with Gasteiger partial charge >= 0.3 is 0 Å². The van der Waals surface area contributed by atoms with E-state index in [1.807, 2.05) is 41.2 Å². The molecule has 1 fully saturated rings. The lowest BCUT2D eigenvalue weighted by atomic mass is 10.2. The first kappa shape index (κ1) is 17.1. The first-order valence-corrected chi connectivity index (χ1v) is 9.14. The van der Waals surface area contributed by atoms with E-state index in [9.17, 15) is 0 Å². The third kappa shape index (κ3) is 3.75. The molecular formula is C19H21N5OS. The van der Waals surface area contributed by atoms with Gasteiger partial charge in [0.05, 0.1) is 26.4 Å². The van der Waals surface area contributed by atoms with E-state index in [1.54, 1.807) is 6.20 Å². The van der Waals surface area contributed by atoms with Gasteiger partial charge in [-0.2, -0.15) is 5.10 Å². The molecule has 134 valence electrons. The Bertz CT molecular complexity index is 901. The molecular weight excluding hydrogens is 346 g/mol. The van der Waals surface area contributed by atoms with Crippen LogP contribution in [0.4, 0.5) is 0 Å². The molecule has 1 aliphatic rings. The molecule has 0 bridgehead atoms. The van der Waals surface area contributed by atoms with Crippen LogP contribution in [0.5, 0.6) is 0 Å². The molecule has 2 aromatic heterocycles. The second-order valence-corrected chi connectivity index (χ2v) is 6.66. The number of morpholine rings is 1. The molecule has 1 saturated heterocycles. The zero-order valence-electron chi connectivity index (χ0n) is 14.5. The van der Waals surface area contributed by atoms with Crippen molar-refractivity contribution < 1.29 is 4.74 Å². The first-order valence-electron chi connectivity index (χ1n) is 8.73. The van der Waals surface area contributed by atoms with Gasteiger partial charge in [-0.1, -0.05) is 30.3 Å². The highest BCUT2D eigenvalue weighted by atomic mass is 32.1. The number of benzene rings is 1. The molecule has 0 aliphatic carbocycles. The van der Waals surface area contributed by atoms with Crippen LogP contribution in [-0.4, -0.2) is 50.5 Å². The van der Waals surface area contributed by atoms with Crippen molar-refractivity contribution in [3.63, 3.8) is 0 Å². The number of nitrogens with zero attached hydrogens (tertiary/aromatic N) is 5. The zero-order chi connectivity index (χ0) is 17.8. The predicted molar refractivity (Wildman–Crippen MR) is 102 cm³/mol. The van der Waals surface area contributed by atoms with Crippen molar-refractivity contribution in [1.29, 1.82) is 0 Å². The standard InChI is InChI=1S/C19H21N5OS/c26-19-23(14-16-5-2-1-3-6-16)18(17-7-4-8-20-13-17)21-24(19)15-22-9-11-25-12-10-22/h1-8,13H,9-12,14-15H2. The molecule has 0 unspecified atom stereocenters. The van der Waals surface area contributed by atoms with E-state index in [4.69, 9.17) is 22.1 Å². The average molecular weight is 367 g/mol. The van der Waals surface area contributed by atoms with Crippen LogP contribution in [0.15, 0.2) is 54.9 Å². The smallest absolute Gasteiger partial charge is 0.199 e. The van der Waals surface area contributed by atoms with E-state index < -0.39 is 0 Å². The Hall–Kier alpha value is -2.35. The fourth-order valence-corrected chi connectivity index (χ4v) is 3.33. The van der Waals surface area contributed by atoms with E-state index >= 15 is 0 Å². The number of ether oxygens (including phenoxy) is 1. The van der Waals surface area contributed by atoms with Gasteiger partial charge in [-0.05, 0) is 29.9 Å². The van der Waals surface area contributed by atoms with Crippen LogP contribution in [-0.2, 0) is 18.0 Å². The van der Waals surface area contributed by atoms with Crippen LogP contribution in [0.25, 0.3) is 11.4 Å². The summed E-state index contributed by atoms with van der Waals surface area (Å²) in [6.45, 7) is 4.68. The van der Waals surface area contributed by atoms with Crippen molar-refractivity contribution in [3.8, 4) is 11.4 Å². The molecule has 0 amide bonds. The van der Waals surface area contributed by atoms with Gasteiger partial charge in [-0.25, -0.2) is 4.68 Å². The lowest BCUT2D eigenvalue weighted by Crippen LogP contribution is -2.37. The number of pyridine rings is 1. The van der Waals surface area contributed by atoms with Crippen LogP contribution >= 0.6 is 12.2 Å². The maximum atomic E-state index is 5.77. The van der Waals surface area contributed by atoms with Crippen LogP contribution in [0.2, 0.25) is 0 Å². The lowest BCUT2D eigenvalue weighted by molar-refractivity contribution is 0.0209. The Labute approximate surface area is 157 Å². The van der Waals surface area contributed by atoms with Crippen LogP contribution < -0.4 is 0 Å². The molecule has 0 spiro atoms. The van der Waals surface area contributed by atoms with Crippen molar-refractivity contribution in [2.45, 2.75) is 13.2 Å². The van der Waals surface area contributed by atoms with Crippen LogP contribution in [0.3, 0.4) is 0 Å². The van der Waals surface area contributed by atoms with E-state index in [0.29, 0.717) is 13.2 Å². The van der Waals surface area contributed by atoms with E-state index in [-0.39, 0.29) is 0 Å². The minimum absolute atomic E-state index is 0.678. The van der Waals surface area contributed by atoms with Crippen molar-refractivity contribution in [2.75, 3.05) is 26.3 Å².